The maximum Gasteiger partial charge on any atom is 0.257 e. The molecule has 1 fully saturated rings. The van der Waals surface area contributed by atoms with Crippen LogP contribution in [0.3, 0.4) is 0 Å². The molecule has 10 heteroatoms. The number of aromatic nitrogens is 4. The van der Waals surface area contributed by atoms with E-state index in [4.69, 9.17) is 30.8 Å². The van der Waals surface area contributed by atoms with Gasteiger partial charge in [-0.25, -0.2) is 0 Å². The fourth-order valence-electron chi connectivity index (χ4n) is 5.01. The summed E-state index contributed by atoms with van der Waals surface area (Å²) >= 11 is 6.36. The first-order chi connectivity index (χ1) is 19.1. The van der Waals surface area contributed by atoms with Crippen molar-refractivity contribution in [2.45, 2.75) is 25.6 Å². The van der Waals surface area contributed by atoms with E-state index >= 15 is 0 Å². The Morgan fingerprint density at radius 3 is 2.74 bits per heavy atom. The fraction of sp³-hybridized carbons (Fsp3) is 0.241. The van der Waals surface area contributed by atoms with Gasteiger partial charge in [-0.3, -0.25) is 4.40 Å². The molecule has 1 atom stereocenters. The van der Waals surface area contributed by atoms with Crippen molar-refractivity contribution >= 4 is 39.8 Å². The van der Waals surface area contributed by atoms with E-state index in [0.717, 1.165) is 41.3 Å². The number of nitriles is 1. The molecule has 196 valence electrons. The Balaban J connectivity index is 1.62. The largest absolute Gasteiger partial charge is 0.493 e. The first-order valence-electron chi connectivity index (χ1n) is 12.6. The third-order valence-corrected chi connectivity index (χ3v) is 7.11. The normalized spacial score (nSPS) is 15.3. The van der Waals surface area contributed by atoms with Gasteiger partial charge in [-0.05, 0) is 42.7 Å². The molecule has 5 aromatic rings. The van der Waals surface area contributed by atoms with Gasteiger partial charge in [-0.15, -0.1) is 10.2 Å². The maximum absolute atomic E-state index is 10.6. The minimum Gasteiger partial charge on any atom is -0.493 e. The van der Waals surface area contributed by atoms with E-state index in [0.29, 0.717) is 46.0 Å². The summed E-state index contributed by atoms with van der Waals surface area (Å²) in [5.41, 5.74) is 3.41. The summed E-state index contributed by atoms with van der Waals surface area (Å²) in [5, 5.41) is 20.2. The van der Waals surface area contributed by atoms with Crippen LogP contribution in [-0.2, 0) is 4.74 Å². The second-order valence-electron chi connectivity index (χ2n) is 9.23. The van der Waals surface area contributed by atoms with Crippen LogP contribution in [-0.4, -0.2) is 46.6 Å². The van der Waals surface area contributed by atoms with E-state index in [1.807, 2.05) is 66.5 Å². The molecule has 3 aromatic carbocycles. The number of halogens is 1. The lowest BCUT2D eigenvalue weighted by Gasteiger charge is -2.29. The molecule has 0 bridgehead atoms. The van der Waals surface area contributed by atoms with Crippen molar-refractivity contribution < 1.29 is 14.2 Å². The number of fused-ring (bicyclic) bond motifs is 3. The molecule has 1 saturated heterocycles. The number of rotatable bonds is 6. The van der Waals surface area contributed by atoms with Crippen LogP contribution in [0.25, 0.3) is 27.8 Å². The number of benzene rings is 3. The van der Waals surface area contributed by atoms with E-state index in [9.17, 15) is 5.26 Å². The topological polar surface area (TPSA) is 97.8 Å². The average Bonchev–Trinajstić information content (AvgIpc) is 3.46. The van der Waals surface area contributed by atoms with Crippen LogP contribution in [0.1, 0.15) is 24.8 Å². The number of ether oxygens (including phenoxy) is 3. The number of hydrogen-bond donors (Lipinski definition) is 0. The van der Waals surface area contributed by atoms with E-state index < -0.39 is 6.29 Å². The molecular formula is C29H25ClN6O3. The van der Waals surface area contributed by atoms with Crippen LogP contribution < -0.4 is 14.4 Å². The van der Waals surface area contributed by atoms with Gasteiger partial charge in [0.25, 0.3) is 5.78 Å². The molecule has 0 saturated carbocycles. The Kier molecular flexibility index (Phi) is 6.65. The smallest absolute Gasteiger partial charge is 0.257 e. The number of nitrogens with zero attached hydrogens (tertiary/aromatic N) is 6. The summed E-state index contributed by atoms with van der Waals surface area (Å²) in [6.45, 7) is 0.612. The Hall–Kier alpha value is -4.39. The third kappa shape index (κ3) is 4.48. The Morgan fingerprint density at radius 1 is 1.15 bits per heavy atom. The highest BCUT2D eigenvalue weighted by Gasteiger charge is 2.28. The van der Waals surface area contributed by atoms with Gasteiger partial charge in [0.05, 0.1) is 24.9 Å². The minimum absolute atomic E-state index is 0.315. The van der Waals surface area contributed by atoms with Crippen LogP contribution in [0.15, 0.2) is 60.9 Å². The molecule has 0 aliphatic carbocycles. The average molecular weight is 541 g/mol. The van der Waals surface area contributed by atoms with Crippen molar-refractivity contribution in [1.29, 1.82) is 5.26 Å². The zero-order valence-electron chi connectivity index (χ0n) is 21.5. The van der Waals surface area contributed by atoms with Gasteiger partial charge < -0.3 is 19.1 Å². The Bertz CT molecular complexity index is 1710. The lowest BCUT2D eigenvalue weighted by atomic mass is 9.97. The molecule has 2 aromatic heterocycles. The zero-order chi connectivity index (χ0) is 26.9. The van der Waals surface area contributed by atoms with Crippen LogP contribution >= 0.6 is 11.6 Å². The molecular weight excluding hydrogens is 516 g/mol. The van der Waals surface area contributed by atoms with Crippen LogP contribution in [0, 0.1) is 11.3 Å². The van der Waals surface area contributed by atoms with E-state index in [-0.39, 0.29) is 0 Å². The van der Waals surface area contributed by atoms with Gasteiger partial charge in [0.15, 0.2) is 17.8 Å². The fourth-order valence-corrected chi connectivity index (χ4v) is 5.18. The van der Waals surface area contributed by atoms with Crippen LogP contribution in [0.2, 0.25) is 5.02 Å². The molecule has 0 amide bonds. The molecule has 1 aliphatic rings. The summed E-state index contributed by atoms with van der Waals surface area (Å²) in [5.74, 6) is 1.78. The standard InChI is InChI=1S/C29H25ClN6O3/c1-35(28-20-12-11-19(30)14-23(20)36-17-32-34-29(36)33-28)26-21(18-8-4-3-5-9-18)15-24(37-2)27(22(26)16-31)39-25-10-6-7-13-38-25/h3-5,8-9,11-12,14-15,17,25H,6-7,10,13H2,1-2H3. The van der Waals surface area contributed by atoms with E-state index in [1.54, 1.807) is 17.8 Å². The summed E-state index contributed by atoms with van der Waals surface area (Å²) in [7, 11) is 3.44. The summed E-state index contributed by atoms with van der Waals surface area (Å²) < 4.78 is 19.7. The molecule has 9 nitrogen and oxygen atoms in total. The summed E-state index contributed by atoms with van der Waals surface area (Å²) in [6, 6.07) is 19.7. The Labute approximate surface area is 230 Å². The zero-order valence-corrected chi connectivity index (χ0v) is 22.2. The van der Waals surface area contributed by atoms with Crippen molar-refractivity contribution in [3.63, 3.8) is 0 Å². The minimum atomic E-state index is -0.464. The molecule has 3 heterocycles. The quantitative estimate of drug-likeness (QED) is 0.253. The summed E-state index contributed by atoms with van der Waals surface area (Å²) in [4.78, 5) is 6.72. The van der Waals surface area contributed by atoms with Gasteiger partial charge >= 0.3 is 0 Å². The molecule has 1 unspecified atom stereocenters. The predicted molar refractivity (Wildman–Crippen MR) is 149 cm³/mol. The molecule has 1 aliphatic heterocycles. The Morgan fingerprint density at radius 2 is 2.00 bits per heavy atom. The van der Waals surface area contributed by atoms with Crippen molar-refractivity contribution in [1.82, 2.24) is 19.6 Å². The monoisotopic (exact) mass is 540 g/mol. The van der Waals surface area contributed by atoms with Crippen molar-refractivity contribution in [3.8, 4) is 28.7 Å². The highest BCUT2D eigenvalue weighted by Crippen LogP contribution is 2.47. The number of methoxy groups -OCH3 is 1. The maximum atomic E-state index is 10.6. The molecule has 0 spiro atoms. The van der Waals surface area contributed by atoms with E-state index in [2.05, 4.69) is 16.3 Å². The van der Waals surface area contributed by atoms with Gasteiger partial charge in [0, 0.05) is 29.4 Å². The highest BCUT2D eigenvalue weighted by atomic mass is 35.5. The molecule has 0 N–H and O–H groups in total. The van der Waals surface area contributed by atoms with Crippen molar-refractivity contribution in [3.05, 3.63) is 71.5 Å². The second-order valence-corrected chi connectivity index (χ2v) is 9.66. The molecule has 6 rings (SSSR count). The SMILES string of the molecule is COc1cc(-c2ccccc2)c(N(C)c2nc3nncn3c3cc(Cl)ccc23)c(C#N)c1OC1CCCCO1. The lowest BCUT2D eigenvalue weighted by molar-refractivity contribution is -0.106. The number of hydrogen-bond acceptors (Lipinski definition) is 8. The first-order valence-corrected chi connectivity index (χ1v) is 13.0. The second kappa shape index (κ2) is 10.4. The van der Waals surface area contributed by atoms with Crippen LogP contribution in [0.5, 0.6) is 11.5 Å². The van der Waals surface area contributed by atoms with Gasteiger partial charge in [-0.2, -0.15) is 10.2 Å². The summed E-state index contributed by atoms with van der Waals surface area (Å²) in [6.07, 6.45) is 3.84. The van der Waals surface area contributed by atoms with Gasteiger partial charge in [-0.1, -0.05) is 41.9 Å². The predicted octanol–water partition coefficient (Wildman–Crippen LogP) is 6.15. The van der Waals surface area contributed by atoms with Crippen molar-refractivity contribution in [2.75, 3.05) is 25.7 Å². The third-order valence-electron chi connectivity index (χ3n) is 6.87. The highest BCUT2D eigenvalue weighted by molar-refractivity contribution is 6.31. The van der Waals surface area contributed by atoms with Crippen molar-refractivity contribution in [2.24, 2.45) is 0 Å². The number of anilines is 2. The van der Waals surface area contributed by atoms with E-state index in [1.165, 1.54) is 0 Å². The van der Waals surface area contributed by atoms with Gasteiger partial charge in [0.1, 0.15) is 23.8 Å². The van der Waals surface area contributed by atoms with Gasteiger partial charge in [0.2, 0.25) is 0 Å². The van der Waals surface area contributed by atoms with Crippen LogP contribution in [0.4, 0.5) is 11.5 Å². The lowest BCUT2D eigenvalue weighted by Crippen LogP contribution is -2.26. The molecule has 0 radical (unpaired) electrons. The first kappa shape index (κ1) is 24.9. The molecule has 39 heavy (non-hydrogen) atoms.